The van der Waals surface area contributed by atoms with Crippen LogP contribution < -0.4 is 5.32 Å². The first kappa shape index (κ1) is 14.3. The van der Waals surface area contributed by atoms with E-state index in [1.807, 2.05) is 6.92 Å². The molecule has 0 spiro atoms. The molecule has 0 aliphatic heterocycles. The van der Waals surface area contributed by atoms with Gasteiger partial charge in [0.25, 0.3) is 0 Å². The largest absolute Gasteiger partial charge is 0.481 e. The van der Waals surface area contributed by atoms with Crippen LogP contribution in [0.4, 0.5) is 0 Å². The van der Waals surface area contributed by atoms with Gasteiger partial charge in [0.15, 0.2) is 0 Å². The molecule has 2 aliphatic rings. The minimum Gasteiger partial charge on any atom is -0.481 e. The normalized spacial score (nSPS) is 28.1. The van der Waals surface area contributed by atoms with Crippen LogP contribution in [-0.4, -0.2) is 36.2 Å². The van der Waals surface area contributed by atoms with Gasteiger partial charge in [0.1, 0.15) is 0 Å². The molecule has 2 saturated carbocycles. The second-order valence-electron chi connectivity index (χ2n) is 5.83. The molecule has 1 amide bonds. The fourth-order valence-corrected chi connectivity index (χ4v) is 2.88. The number of carbonyl (C=O) groups excluding carboxylic acids is 1. The highest BCUT2D eigenvalue weighted by molar-refractivity contribution is 5.79. The molecule has 0 heterocycles. The zero-order valence-corrected chi connectivity index (χ0v) is 11.5. The van der Waals surface area contributed by atoms with Gasteiger partial charge in [-0.3, -0.25) is 9.59 Å². The third-order valence-electron chi connectivity index (χ3n) is 4.46. The Hall–Kier alpha value is -1.10. The average Bonchev–Trinajstić information content (AvgIpc) is 2.24. The second-order valence-corrected chi connectivity index (χ2v) is 5.83. The summed E-state index contributed by atoms with van der Waals surface area (Å²) in [6.45, 7) is 2.98. The summed E-state index contributed by atoms with van der Waals surface area (Å²) >= 11 is 0. The molecule has 0 unspecified atom stereocenters. The molecular weight excluding hydrogens is 246 g/mol. The van der Waals surface area contributed by atoms with E-state index in [1.165, 1.54) is 0 Å². The first-order valence-corrected chi connectivity index (χ1v) is 7.17. The summed E-state index contributed by atoms with van der Waals surface area (Å²) in [4.78, 5) is 22.9. The standard InChI is InChI=1S/C14H23NO4/c1-2-19-11-6-10(7-11)8-12(16)15-9-14(13(17)18)4-3-5-14/h10-11H,2-9H2,1H3,(H,15,16)(H,17,18). The van der Waals surface area contributed by atoms with Crippen molar-refractivity contribution in [3.05, 3.63) is 0 Å². The maximum Gasteiger partial charge on any atom is 0.311 e. The molecule has 2 N–H and O–H groups in total. The van der Waals surface area contributed by atoms with Crippen LogP contribution in [0, 0.1) is 11.3 Å². The van der Waals surface area contributed by atoms with Gasteiger partial charge in [0, 0.05) is 19.6 Å². The predicted octanol–water partition coefficient (Wildman–Crippen LogP) is 1.56. The number of nitrogens with one attached hydrogen (secondary N) is 1. The summed E-state index contributed by atoms with van der Waals surface area (Å²) in [5.41, 5.74) is -0.691. The molecule has 0 radical (unpaired) electrons. The van der Waals surface area contributed by atoms with E-state index in [1.54, 1.807) is 0 Å². The molecule has 2 rings (SSSR count). The summed E-state index contributed by atoms with van der Waals surface area (Å²) in [5, 5.41) is 12.0. The van der Waals surface area contributed by atoms with Crippen molar-refractivity contribution in [2.24, 2.45) is 11.3 Å². The number of hydrogen-bond donors (Lipinski definition) is 2. The van der Waals surface area contributed by atoms with Gasteiger partial charge < -0.3 is 15.2 Å². The Morgan fingerprint density at radius 3 is 2.53 bits per heavy atom. The fraction of sp³-hybridized carbons (Fsp3) is 0.857. The highest BCUT2D eigenvalue weighted by atomic mass is 16.5. The summed E-state index contributed by atoms with van der Waals surface area (Å²) in [6.07, 6.45) is 5.02. The zero-order valence-electron chi connectivity index (χ0n) is 11.5. The number of carboxylic acids is 1. The lowest BCUT2D eigenvalue weighted by atomic mass is 9.68. The maximum atomic E-state index is 11.8. The Morgan fingerprint density at radius 1 is 1.37 bits per heavy atom. The van der Waals surface area contributed by atoms with Crippen LogP contribution in [0.15, 0.2) is 0 Å². The van der Waals surface area contributed by atoms with E-state index >= 15 is 0 Å². The van der Waals surface area contributed by atoms with E-state index in [2.05, 4.69) is 5.32 Å². The highest BCUT2D eigenvalue weighted by Gasteiger charge is 2.44. The second kappa shape index (κ2) is 5.90. The molecule has 2 fully saturated rings. The number of carboxylic acid groups (broad SMARTS) is 1. The molecule has 5 nitrogen and oxygen atoms in total. The van der Waals surface area contributed by atoms with Gasteiger partial charge in [0.05, 0.1) is 11.5 Å². The van der Waals surface area contributed by atoms with Crippen LogP contribution in [0.3, 0.4) is 0 Å². The first-order chi connectivity index (χ1) is 9.05. The lowest BCUT2D eigenvalue weighted by Crippen LogP contribution is -2.48. The highest BCUT2D eigenvalue weighted by Crippen LogP contribution is 2.40. The van der Waals surface area contributed by atoms with Crippen LogP contribution in [0.1, 0.15) is 45.4 Å². The molecule has 108 valence electrons. The van der Waals surface area contributed by atoms with Gasteiger partial charge in [-0.2, -0.15) is 0 Å². The summed E-state index contributed by atoms with van der Waals surface area (Å²) in [6, 6.07) is 0. The van der Waals surface area contributed by atoms with Gasteiger partial charge in [-0.25, -0.2) is 0 Å². The Morgan fingerprint density at radius 2 is 2.05 bits per heavy atom. The zero-order chi connectivity index (χ0) is 13.9. The monoisotopic (exact) mass is 269 g/mol. The Balaban J connectivity index is 1.64. The van der Waals surface area contributed by atoms with Crippen LogP contribution in [0.25, 0.3) is 0 Å². The van der Waals surface area contributed by atoms with Crippen LogP contribution in [0.5, 0.6) is 0 Å². The van der Waals surface area contributed by atoms with Crippen molar-refractivity contribution >= 4 is 11.9 Å². The Bertz CT molecular complexity index is 345. The molecular formula is C14H23NO4. The predicted molar refractivity (Wildman–Crippen MR) is 69.7 cm³/mol. The number of carbonyl (C=O) groups is 2. The van der Waals surface area contributed by atoms with Gasteiger partial charge in [-0.1, -0.05) is 6.42 Å². The van der Waals surface area contributed by atoms with Crippen molar-refractivity contribution in [3.8, 4) is 0 Å². The number of hydrogen-bond acceptors (Lipinski definition) is 3. The first-order valence-electron chi connectivity index (χ1n) is 7.17. The molecule has 0 aromatic carbocycles. The van der Waals surface area contributed by atoms with Crippen molar-refractivity contribution in [2.75, 3.05) is 13.2 Å². The van der Waals surface area contributed by atoms with Crippen LogP contribution in [0.2, 0.25) is 0 Å². The lowest BCUT2D eigenvalue weighted by Gasteiger charge is -2.38. The van der Waals surface area contributed by atoms with E-state index in [0.717, 1.165) is 25.9 Å². The van der Waals surface area contributed by atoms with E-state index in [-0.39, 0.29) is 12.5 Å². The summed E-state index contributed by atoms with van der Waals surface area (Å²) in [5.74, 6) is -0.398. The van der Waals surface area contributed by atoms with E-state index < -0.39 is 11.4 Å². The van der Waals surface area contributed by atoms with Gasteiger partial charge in [-0.15, -0.1) is 0 Å². The maximum absolute atomic E-state index is 11.8. The summed E-state index contributed by atoms with van der Waals surface area (Å²) in [7, 11) is 0. The molecule has 0 aromatic heterocycles. The molecule has 0 aromatic rings. The fourth-order valence-electron chi connectivity index (χ4n) is 2.88. The third kappa shape index (κ3) is 3.26. The molecule has 2 aliphatic carbocycles. The van der Waals surface area contributed by atoms with Gasteiger partial charge in [-0.05, 0) is 38.5 Å². The Labute approximate surface area is 113 Å². The van der Waals surface area contributed by atoms with Crippen molar-refractivity contribution < 1.29 is 19.4 Å². The van der Waals surface area contributed by atoms with Crippen molar-refractivity contribution in [1.82, 2.24) is 5.32 Å². The van der Waals surface area contributed by atoms with Crippen LogP contribution >= 0.6 is 0 Å². The van der Waals surface area contributed by atoms with E-state index in [4.69, 9.17) is 9.84 Å². The lowest BCUT2D eigenvalue weighted by molar-refractivity contribution is -0.154. The number of aliphatic carboxylic acids is 1. The third-order valence-corrected chi connectivity index (χ3v) is 4.46. The van der Waals surface area contributed by atoms with Crippen molar-refractivity contribution in [2.45, 2.75) is 51.6 Å². The van der Waals surface area contributed by atoms with Crippen LogP contribution in [-0.2, 0) is 14.3 Å². The minimum absolute atomic E-state index is 0.0209. The van der Waals surface area contributed by atoms with E-state index in [0.29, 0.717) is 31.3 Å². The summed E-state index contributed by atoms with van der Waals surface area (Å²) < 4.78 is 5.45. The smallest absolute Gasteiger partial charge is 0.311 e. The average molecular weight is 269 g/mol. The van der Waals surface area contributed by atoms with Gasteiger partial charge in [0.2, 0.25) is 5.91 Å². The molecule has 0 bridgehead atoms. The number of amides is 1. The molecule has 0 saturated heterocycles. The Kier molecular flexibility index (Phi) is 4.45. The van der Waals surface area contributed by atoms with Crippen molar-refractivity contribution in [1.29, 1.82) is 0 Å². The number of ether oxygens (including phenoxy) is 1. The minimum atomic E-state index is -0.779. The molecule has 19 heavy (non-hydrogen) atoms. The molecule has 0 atom stereocenters. The van der Waals surface area contributed by atoms with Crippen molar-refractivity contribution in [3.63, 3.8) is 0 Å². The number of rotatable bonds is 7. The topological polar surface area (TPSA) is 75.6 Å². The van der Waals surface area contributed by atoms with Gasteiger partial charge >= 0.3 is 5.97 Å². The SMILES string of the molecule is CCOC1CC(CC(=O)NCC2(C(=O)O)CCC2)C1. The van der Waals surface area contributed by atoms with E-state index in [9.17, 15) is 9.59 Å². The quantitative estimate of drug-likeness (QED) is 0.735. The molecule has 5 heteroatoms.